The van der Waals surface area contributed by atoms with Gasteiger partial charge in [-0.3, -0.25) is 0 Å². The largest absolute Gasteiger partial charge is 0.407 e. The maximum Gasteiger partial charge on any atom is 0.261 e. The molecule has 4 atom stereocenters. The van der Waals surface area contributed by atoms with Crippen molar-refractivity contribution in [1.29, 1.82) is 0 Å². The summed E-state index contributed by atoms with van der Waals surface area (Å²) in [6.07, 6.45) is 7.65. The molecular weight excluding hydrogens is 448 g/mol. The van der Waals surface area contributed by atoms with Crippen LogP contribution < -0.4 is 10.4 Å². The van der Waals surface area contributed by atoms with Gasteiger partial charge >= 0.3 is 0 Å². The van der Waals surface area contributed by atoms with E-state index < -0.39 is 14.1 Å². The number of alkyl halides is 1. The number of hydrogen-bond donors (Lipinski definition) is 0. The Morgan fingerprint density at radius 2 is 1.52 bits per heavy atom. The molecule has 1 fully saturated rings. The van der Waals surface area contributed by atoms with Crippen molar-refractivity contribution in [3.8, 4) is 0 Å². The van der Waals surface area contributed by atoms with Crippen LogP contribution in [0.1, 0.15) is 53.4 Å². The molecule has 0 spiro atoms. The molecule has 0 amide bonds. The van der Waals surface area contributed by atoms with Crippen LogP contribution in [0.4, 0.5) is 0 Å². The molecule has 1 saturated heterocycles. The number of benzene rings is 2. The number of epoxide rings is 1. The highest BCUT2D eigenvalue weighted by molar-refractivity contribution is 6.99. The fourth-order valence-corrected chi connectivity index (χ4v) is 10.0. The van der Waals surface area contributed by atoms with Crippen LogP contribution in [0.15, 0.2) is 72.8 Å². The molecule has 4 rings (SSSR count). The van der Waals surface area contributed by atoms with Gasteiger partial charge in [-0.2, -0.15) is 0 Å². The molecule has 2 aliphatic rings. The average molecular weight is 485 g/mol. The first-order valence-electron chi connectivity index (χ1n) is 12.2. The Morgan fingerprint density at radius 1 is 0.939 bits per heavy atom. The van der Waals surface area contributed by atoms with Crippen LogP contribution in [0, 0.1) is 0 Å². The minimum absolute atomic E-state index is 0.0482. The lowest BCUT2D eigenvalue weighted by molar-refractivity contribution is -0.0986. The van der Waals surface area contributed by atoms with Crippen LogP contribution in [0.25, 0.3) is 0 Å². The summed E-state index contributed by atoms with van der Waals surface area (Å²) >= 11 is 6.83. The smallest absolute Gasteiger partial charge is 0.261 e. The van der Waals surface area contributed by atoms with Crippen LogP contribution in [-0.4, -0.2) is 38.3 Å². The maximum atomic E-state index is 7.08. The highest BCUT2D eigenvalue weighted by Gasteiger charge is 2.57. The van der Waals surface area contributed by atoms with E-state index in [1.165, 1.54) is 10.4 Å². The second kappa shape index (κ2) is 10.0. The zero-order valence-corrected chi connectivity index (χ0v) is 22.1. The van der Waals surface area contributed by atoms with Crippen molar-refractivity contribution in [2.24, 2.45) is 0 Å². The van der Waals surface area contributed by atoms with E-state index in [0.717, 1.165) is 25.7 Å². The predicted molar refractivity (Wildman–Crippen MR) is 139 cm³/mol. The van der Waals surface area contributed by atoms with Crippen molar-refractivity contribution in [2.75, 3.05) is 6.61 Å². The Balaban J connectivity index is 1.60. The van der Waals surface area contributed by atoms with E-state index >= 15 is 0 Å². The Hall–Kier alpha value is -1.43. The summed E-state index contributed by atoms with van der Waals surface area (Å²) in [5.41, 5.74) is 0. The molecule has 2 aromatic carbocycles. The SMILES string of the molecule is CC[C@]12O[C@@H](CCO[Si](c3ccccc3)(c3ccccc3)C(C)(C)C)[C@@H](Cl)C/C=C\C[C@H]1O2. The predicted octanol–water partition coefficient (Wildman–Crippen LogP) is 5.80. The first-order valence-corrected chi connectivity index (χ1v) is 14.6. The molecule has 178 valence electrons. The molecule has 0 aliphatic carbocycles. The van der Waals surface area contributed by atoms with E-state index in [4.69, 9.17) is 25.5 Å². The van der Waals surface area contributed by atoms with Crippen LogP contribution in [0.3, 0.4) is 0 Å². The quantitative estimate of drug-likeness (QED) is 0.215. The molecule has 33 heavy (non-hydrogen) atoms. The molecule has 0 radical (unpaired) electrons. The number of ether oxygens (including phenoxy) is 2. The first kappa shape index (κ1) is 24.7. The topological polar surface area (TPSA) is 31.0 Å². The number of allylic oxidation sites excluding steroid dienone is 1. The summed E-state index contributed by atoms with van der Waals surface area (Å²) in [6.45, 7) is 9.63. The van der Waals surface area contributed by atoms with E-state index in [0.29, 0.717) is 6.61 Å². The summed E-state index contributed by atoms with van der Waals surface area (Å²) in [6, 6.07) is 21.5. The van der Waals surface area contributed by atoms with Crippen molar-refractivity contribution >= 4 is 30.3 Å². The van der Waals surface area contributed by atoms with E-state index in [2.05, 4.69) is 101 Å². The fraction of sp³-hybridized carbons (Fsp3) is 0.500. The Labute approximate surface area is 205 Å². The molecule has 3 nitrogen and oxygen atoms in total. The van der Waals surface area contributed by atoms with Gasteiger partial charge in [-0.1, -0.05) is 101 Å². The minimum atomic E-state index is -2.57. The molecule has 0 bridgehead atoms. The summed E-state index contributed by atoms with van der Waals surface area (Å²) < 4.78 is 19.6. The fourth-order valence-electron chi connectivity index (χ4n) is 5.19. The summed E-state index contributed by atoms with van der Waals surface area (Å²) in [4.78, 5) is 0. The lowest BCUT2D eigenvalue weighted by Crippen LogP contribution is -2.66. The number of rotatable bonds is 7. The van der Waals surface area contributed by atoms with Gasteiger partial charge in [0.05, 0.1) is 11.5 Å². The summed E-state index contributed by atoms with van der Waals surface area (Å²) in [5.74, 6) is -0.482. The first-order chi connectivity index (χ1) is 15.8. The van der Waals surface area contributed by atoms with Gasteiger partial charge in [-0.05, 0) is 34.7 Å². The second-order valence-corrected chi connectivity index (χ2v) is 15.1. The van der Waals surface area contributed by atoms with Gasteiger partial charge in [-0.15, -0.1) is 11.6 Å². The Morgan fingerprint density at radius 3 is 2.06 bits per heavy atom. The number of hydrogen-bond acceptors (Lipinski definition) is 3. The van der Waals surface area contributed by atoms with Gasteiger partial charge in [0, 0.05) is 13.0 Å². The van der Waals surface area contributed by atoms with Gasteiger partial charge in [0.15, 0.2) is 5.79 Å². The van der Waals surface area contributed by atoms with E-state index in [1.807, 2.05) is 0 Å². The van der Waals surface area contributed by atoms with Gasteiger partial charge < -0.3 is 13.9 Å². The molecule has 5 heteroatoms. The third-order valence-corrected chi connectivity index (χ3v) is 12.5. The third kappa shape index (κ3) is 5.01. The average Bonchev–Trinajstić information content (AvgIpc) is 3.50. The lowest BCUT2D eigenvalue weighted by Gasteiger charge is -2.43. The standard InChI is InChI=1S/C28H37ClO3Si/c1-5-28-26(32-28)19-13-12-18-24(29)25(31-28)20-21-30-33(27(2,3)4,22-14-8-6-9-15-22)23-16-10-7-11-17-23/h6-17,24-26H,5,18-21H2,1-4H3/b13-12-/t24-,25-,26+,28+/m0/s1. The van der Waals surface area contributed by atoms with E-state index in [-0.39, 0.29) is 22.6 Å². The molecular formula is C28H37ClO3Si. The molecule has 2 aliphatic heterocycles. The summed E-state index contributed by atoms with van der Waals surface area (Å²) in [7, 11) is -2.57. The van der Waals surface area contributed by atoms with E-state index in [1.54, 1.807) is 0 Å². The van der Waals surface area contributed by atoms with Crippen molar-refractivity contribution in [1.82, 2.24) is 0 Å². The van der Waals surface area contributed by atoms with Crippen LogP contribution in [-0.2, 0) is 13.9 Å². The minimum Gasteiger partial charge on any atom is -0.407 e. The molecule has 0 saturated carbocycles. The van der Waals surface area contributed by atoms with Gasteiger partial charge in [-0.25, -0.2) is 0 Å². The highest BCUT2D eigenvalue weighted by atomic mass is 35.5. The van der Waals surface area contributed by atoms with Crippen molar-refractivity contribution in [3.63, 3.8) is 0 Å². The summed E-state index contributed by atoms with van der Waals surface area (Å²) in [5, 5.41) is 2.43. The Bertz CT molecular complexity index is 888. The molecule has 0 N–H and O–H groups in total. The monoisotopic (exact) mass is 484 g/mol. The van der Waals surface area contributed by atoms with E-state index in [9.17, 15) is 0 Å². The van der Waals surface area contributed by atoms with Crippen molar-refractivity contribution in [2.45, 2.75) is 81.8 Å². The highest BCUT2D eigenvalue weighted by Crippen LogP contribution is 2.46. The molecule has 2 aromatic rings. The zero-order valence-electron chi connectivity index (χ0n) is 20.3. The Kier molecular flexibility index (Phi) is 7.52. The second-order valence-electron chi connectivity index (χ2n) is 10.2. The lowest BCUT2D eigenvalue weighted by atomic mass is 10.1. The zero-order chi connectivity index (χ0) is 23.5. The molecule has 0 aromatic heterocycles. The third-order valence-electron chi connectivity index (χ3n) is 7.04. The van der Waals surface area contributed by atoms with Gasteiger partial charge in [0.25, 0.3) is 8.32 Å². The van der Waals surface area contributed by atoms with Gasteiger partial charge in [0.2, 0.25) is 0 Å². The molecule has 0 unspecified atom stereocenters. The van der Waals surface area contributed by atoms with Crippen LogP contribution in [0.5, 0.6) is 0 Å². The van der Waals surface area contributed by atoms with Gasteiger partial charge in [0.1, 0.15) is 6.10 Å². The normalized spacial score (nSPS) is 28.8. The van der Waals surface area contributed by atoms with Crippen LogP contribution >= 0.6 is 11.6 Å². The maximum absolute atomic E-state index is 7.08. The van der Waals surface area contributed by atoms with Crippen molar-refractivity contribution < 1.29 is 13.9 Å². The number of halogens is 1. The van der Waals surface area contributed by atoms with Crippen LogP contribution in [0.2, 0.25) is 5.04 Å². The number of fused-ring (bicyclic) bond motifs is 1. The molecule has 2 heterocycles. The van der Waals surface area contributed by atoms with Crippen molar-refractivity contribution in [3.05, 3.63) is 72.8 Å².